The van der Waals surface area contributed by atoms with Gasteiger partial charge in [-0.2, -0.15) is 0 Å². The van der Waals surface area contributed by atoms with Gasteiger partial charge in [0, 0.05) is 56.4 Å². The predicted molar refractivity (Wildman–Crippen MR) is 281 cm³/mol. The van der Waals surface area contributed by atoms with Crippen LogP contribution in [0.4, 0.5) is 34.1 Å². The van der Waals surface area contributed by atoms with Crippen LogP contribution in [0.3, 0.4) is 0 Å². The fraction of sp³-hybridized carbons (Fsp3) is 0.311. The van der Waals surface area contributed by atoms with Crippen molar-refractivity contribution in [2.24, 2.45) is 0 Å². The average Bonchev–Trinajstić information content (AvgIpc) is 3.61. The highest BCUT2D eigenvalue weighted by atomic mass is 16.3. The van der Waals surface area contributed by atoms with Gasteiger partial charge in [0.2, 0.25) is 6.71 Å². The Hall–Kier alpha value is -6.00. The lowest BCUT2D eigenvalue weighted by atomic mass is 9.30. The first-order valence-electron chi connectivity index (χ1n) is 23.7. The zero-order valence-corrected chi connectivity index (χ0v) is 41.2. The van der Waals surface area contributed by atoms with Crippen molar-refractivity contribution >= 4 is 79.2 Å². The summed E-state index contributed by atoms with van der Waals surface area (Å²) < 4.78 is 6.74. The molecule has 0 unspecified atom stereocenters. The Morgan fingerprint density at radius 2 is 0.969 bits per heavy atom. The highest BCUT2D eigenvalue weighted by molar-refractivity contribution is 6.99. The second kappa shape index (κ2) is 14.5. The molecule has 0 spiro atoms. The van der Waals surface area contributed by atoms with Crippen LogP contribution in [0.2, 0.25) is 0 Å². The van der Waals surface area contributed by atoms with Crippen molar-refractivity contribution in [2.75, 3.05) is 9.80 Å². The number of hydrogen-bond donors (Lipinski definition) is 0. The molecule has 7 aromatic carbocycles. The van der Waals surface area contributed by atoms with Crippen LogP contribution >= 0.6 is 0 Å². The fourth-order valence-corrected chi connectivity index (χ4v) is 10.6. The van der Waals surface area contributed by atoms with Gasteiger partial charge in [-0.05, 0) is 121 Å². The van der Waals surface area contributed by atoms with Gasteiger partial charge in [0.25, 0.3) is 0 Å². The molecule has 328 valence electrons. The van der Waals surface area contributed by atoms with E-state index in [2.05, 4.69) is 246 Å². The number of para-hydroxylation sites is 1. The van der Waals surface area contributed by atoms with Crippen LogP contribution in [0.15, 0.2) is 144 Å². The van der Waals surface area contributed by atoms with E-state index in [0.29, 0.717) is 0 Å². The maximum Gasteiger partial charge on any atom is 0.247 e. The van der Waals surface area contributed by atoms with Gasteiger partial charge in [-0.3, -0.25) is 0 Å². The quantitative estimate of drug-likeness (QED) is 0.164. The summed E-state index contributed by atoms with van der Waals surface area (Å²) in [5, 5.41) is 2.31. The summed E-state index contributed by atoms with van der Waals surface area (Å²) in [6.45, 7) is 32.5. The van der Waals surface area contributed by atoms with E-state index < -0.39 is 0 Å². The molecule has 0 atom stereocenters. The number of rotatable bonds is 4. The summed E-state index contributed by atoms with van der Waals surface area (Å²) in [4.78, 5) is 5.03. The van der Waals surface area contributed by atoms with Crippen molar-refractivity contribution in [3.05, 3.63) is 173 Å². The zero-order valence-electron chi connectivity index (χ0n) is 41.2. The van der Waals surface area contributed by atoms with Crippen LogP contribution in [0.5, 0.6) is 0 Å². The Bertz CT molecular complexity index is 3080. The van der Waals surface area contributed by atoms with E-state index in [1.54, 1.807) is 0 Å². The standard InChI is InChI=1S/C61H65BN2O/c1-57(2,3)38-19-26-42(27-20-38)63(43-28-21-39(22-29-43)58(4,5)6)45-34-49-56-53(35-45)64(44-30-23-40(24-31-44)59(7,8)9)52-37-55-47(46-17-15-16-18-54(46)65-55)36-51(52)62(56)50-33-41(60(10,11)12)25-32-48(50)61(49,13)14/h15-37H,1-14H3. The molecule has 3 nitrogen and oxygen atoms in total. The van der Waals surface area contributed by atoms with Crippen molar-refractivity contribution in [3.8, 4) is 0 Å². The molecular formula is C61H65BN2O. The number of furan rings is 1. The first kappa shape index (κ1) is 42.9. The lowest BCUT2D eigenvalue weighted by Gasteiger charge is -2.46. The largest absolute Gasteiger partial charge is 0.456 e. The Kier molecular flexibility index (Phi) is 9.58. The normalized spacial score (nSPS) is 14.7. The molecule has 0 saturated heterocycles. The highest BCUT2D eigenvalue weighted by Crippen LogP contribution is 2.48. The van der Waals surface area contributed by atoms with Gasteiger partial charge in [0.15, 0.2) is 0 Å². The Morgan fingerprint density at radius 1 is 0.446 bits per heavy atom. The van der Waals surface area contributed by atoms with Crippen molar-refractivity contribution in [1.29, 1.82) is 0 Å². The van der Waals surface area contributed by atoms with Crippen LogP contribution in [0, 0.1) is 0 Å². The number of hydrogen-bond acceptors (Lipinski definition) is 3. The SMILES string of the molecule is CC(C)(C)c1ccc(N(c2ccc(C(C)(C)C)cc2)c2cc3c4c(c2)C(C)(C)c2ccc(C(C)(C)C)cc2B4c2cc4c(cc2N3c2ccc(C(C)(C)C)cc2)oc2ccccc24)cc1. The topological polar surface area (TPSA) is 19.6 Å². The lowest BCUT2D eigenvalue weighted by molar-refractivity contribution is 0.588. The van der Waals surface area contributed by atoms with Gasteiger partial charge in [-0.1, -0.05) is 181 Å². The van der Waals surface area contributed by atoms with E-state index in [1.807, 2.05) is 0 Å². The van der Waals surface area contributed by atoms with E-state index in [0.717, 1.165) is 50.4 Å². The molecule has 3 heterocycles. The Balaban J connectivity index is 1.32. The monoisotopic (exact) mass is 853 g/mol. The van der Waals surface area contributed by atoms with Crippen LogP contribution in [0.1, 0.15) is 130 Å². The molecule has 0 radical (unpaired) electrons. The molecule has 10 rings (SSSR count). The van der Waals surface area contributed by atoms with E-state index >= 15 is 0 Å². The second-order valence-electron chi connectivity index (χ2n) is 23.6. The van der Waals surface area contributed by atoms with Crippen LogP contribution in [-0.2, 0) is 27.1 Å². The summed E-state index contributed by atoms with van der Waals surface area (Å²) in [6.07, 6.45) is 0. The first-order chi connectivity index (χ1) is 30.5. The van der Waals surface area contributed by atoms with Gasteiger partial charge < -0.3 is 14.2 Å². The molecule has 0 amide bonds. The first-order valence-corrected chi connectivity index (χ1v) is 23.7. The van der Waals surface area contributed by atoms with Crippen molar-refractivity contribution in [3.63, 3.8) is 0 Å². The molecule has 4 heteroatoms. The second-order valence-corrected chi connectivity index (χ2v) is 23.6. The molecule has 0 fully saturated rings. The van der Waals surface area contributed by atoms with E-state index in [1.165, 1.54) is 55.5 Å². The molecule has 65 heavy (non-hydrogen) atoms. The van der Waals surface area contributed by atoms with Crippen molar-refractivity contribution < 1.29 is 4.42 Å². The molecule has 0 saturated carbocycles. The third kappa shape index (κ3) is 7.11. The Morgan fingerprint density at radius 3 is 1.52 bits per heavy atom. The molecule has 2 aliphatic rings. The minimum Gasteiger partial charge on any atom is -0.456 e. The van der Waals surface area contributed by atoms with Gasteiger partial charge in [0.05, 0.1) is 0 Å². The molecule has 0 aliphatic carbocycles. The van der Waals surface area contributed by atoms with Crippen molar-refractivity contribution in [2.45, 2.75) is 124 Å². The highest BCUT2D eigenvalue weighted by Gasteiger charge is 2.47. The minimum atomic E-state index is -0.314. The third-order valence-corrected chi connectivity index (χ3v) is 14.6. The summed E-state index contributed by atoms with van der Waals surface area (Å²) in [5.74, 6) is 0. The predicted octanol–water partition coefficient (Wildman–Crippen LogP) is 15.2. The summed E-state index contributed by atoms with van der Waals surface area (Å²) in [7, 11) is 0. The molecular weight excluding hydrogens is 787 g/mol. The number of benzene rings is 7. The molecule has 8 aromatic rings. The van der Waals surface area contributed by atoms with Crippen LogP contribution < -0.4 is 26.2 Å². The van der Waals surface area contributed by atoms with E-state index in [-0.39, 0.29) is 33.8 Å². The number of fused-ring (bicyclic) bond motifs is 7. The third-order valence-electron chi connectivity index (χ3n) is 14.6. The maximum atomic E-state index is 6.74. The lowest BCUT2D eigenvalue weighted by Crippen LogP contribution is -2.64. The summed E-state index contributed by atoms with van der Waals surface area (Å²) in [6, 6.07) is 53.5. The molecule has 0 N–H and O–H groups in total. The molecule has 2 aliphatic heterocycles. The summed E-state index contributed by atoms with van der Waals surface area (Å²) >= 11 is 0. The van der Waals surface area contributed by atoms with Gasteiger partial charge >= 0.3 is 0 Å². The van der Waals surface area contributed by atoms with Gasteiger partial charge in [-0.15, -0.1) is 0 Å². The van der Waals surface area contributed by atoms with E-state index in [4.69, 9.17) is 4.42 Å². The average molecular weight is 853 g/mol. The summed E-state index contributed by atoms with van der Waals surface area (Å²) in [5.41, 5.74) is 20.6. The number of anilines is 6. The van der Waals surface area contributed by atoms with Gasteiger partial charge in [-0.25, -0.2) is 0 Å². The minimum absolute atomic E-state index is 0.00289. The molecule has 0 bridgehead atoms. The smallest absolute Gasteiger partial charge is 0.247 e. The van der Waals surface area contributed by atoms with Crippen LogP contribution in [-0.4, -0.2) is 6.71 Å². The van der Waals surface area contributed by atoms with Crippen LogP contribution in [0.25, 0.3) is 21.9 Å². The zero-order chi connectivity index (χ0) is 46.2. The van der Waals surface area contributed by atoms with E-state index in [9.17, 15) is 0 Å². The maximum absolute atomic E-state index is 6.74. The molecule has 1 aromatic heterocycles. The van der Waals surface area contributed by atoms with Gasteiger partial charge in [0.1, 0.15) is 11.2 Å². The van der Waals surface area contributed by atoms with Crippen molar-refractivity contribution in [1.82, 2.24) is 0 Å². The number of nitrogens with zero attached hydrogens (tertiary/aromatic N) is 2. The fourth-order valence-electron chi connectivity index (χ4n) is 10.6. The Labute approximate surface area is 388 Å².